The van der Waals surface area contributed by atoms with Crippen LogP contribution in [0.25, 0.3) is 0 Å². The van der Waals surface area contributed by atoms with Gasteiger partial charge in [0.15, 0.2) is 0 Å². The molecule has 2 nitrogen and oxygen atoms in total. The molecule has 0 spiro atoms. The molecule has 15 heavy (non-hydrogen) atoms. The van der Waals surface area contributed by atoms with Crippen molar-refractivity contribution in [1.82, 2.24) is 10.2 Å². The van der Waals surface area contributed by atoms with E-state index in [2.05, 4.69) is 24.1 Å². The van der Waals surface area contributed by atoms with E-state index in [9.17, 15) is 0 Å². The number of likely N-dealkylation sites (N-methyl/N-ethyl adjacent to an activating group) is 1. The molecule has 0 amide bonds. The first kappa shape index (κ1) is 11.4. The third-order valence-corrected chi connectivity index (χ3v) is 4.00. The van der Waals surface area contributed by atoms with Gasteiger partial charge in [0.25, 0.3) is 0 Å². The molecule has 88 valence electrons. The van der Waals surface area contributed by atoms with Crippen molar-refractivity contribution in [2.24, 2.45) is 0 Å². The Balaban J connectivity index is 1.67. The highest BCUT2D eigenvalue weighted by Gasteiger charge is 2.31. The van der Waals surface area contributed by atoms with Gasteiger partial charge in [-0.1, -0.05) is 19.8 Å². The molecule has 1 N–H and O–H groups in total. The topological polar surface area (TPSA) is 15.3 Å². The molecule has 1 unspecified atom stereocenters. The van der Waals surface area contributed by atoms with E-state index >= 15 is 0 Å². The summed E-state index contributed by atoms with van der Waals surface area (Å²) in [6.45, 7) is 7.08. The molecule has 0 aromatic rings. The molecule has 0 bridgehead atoms. The van der Waals surface area contributed by atoms with E-state index in [1.54, 1.807) is 0 Å². The van der Waals surface area contributed by atoms with Gasteiger partial charge in [0.1, 0.15) is 0 Å². The Morgan fingerprint density at radius 3 is 2.40 bits per heavy atom. The maximum absolute atomic E-state index is 3.74. The van der Waals surface area contributed by atoms with Crippen LogP contribution in [0.3, 0.4) is 0 Å². The van der Waals surface area contributed by atoms with Crippen LogP contribution in [-0.4, -0.2) is 36.1 Å². The largest absolute Gasteiger partial charge is 0.312 e. The quantitative estimate of drug-likeness (QED) is 0.724. The molecule has 0 aliphatic heterocycles. The zero-order chi connectivity index (χ0) is 10.7. The van der Waals surface area contributed by atoms with Crippen molar-refractivity contribution in [3.8, 4) is 0 Å². The monoisotopic (exact) mass is 210 g/mol. The first-order chi connectivity index (χ1) is 7.31. The second-order valence-electron chi connectivity index (χ2n) is 5.30. The lowest BCUT2D eigenvalue weighted by atomic mass is 10.2. The van der Waals surface area contributed by atoms with Gasteiger partial charge in [-0.2, -0.15) is 0 Å². The van der Waals surface area contributed by atoms with E-state index < -0.39 is 0 Å². The van der Waals surface area contributed by atoms with E-state index in [0.717, 1.165) is 18.1 Å². The minimum Gasteiger partial charge on any atom is -0.312 e. The molecule has 0 heterocycles. The lowest BCUT2D eigenvalue weighted by molar-refractivity contribution is 0.200. The van der Waals surface area contributed by atoms with E-state index in [-0.39, 0.29) is 0 Å². The van der Waals surface area contributed by atoms with Gasteiger partial charge in [-0.3, -0.25) is 4.90 Å². The molecule has 0 aromatic heterocycles. The first-order valence-electron chi connectivity index (χ1n) is 6.80. The van der Waals surface area contributed by atoms with Gasteiger partial charge >= 0.3 is 0 Å². The Kier molecular flexibility index (Phi) is 4.04. The summed E-state index contributed by atoms with van der Waals surface area (Å²) in [7, 11) is 0. The average Bonchev–Trinajstić information content (AvgIpc) is 2.93. The molecule has 0 radical (unpaired) electrons. The van der Waals surface area contributed by atoms with Crippen LogP contribution < -0.4 is 5.32 Å². The summed E-state index contributed by atoms with van der Waals surface area (Å²) in [6.07, 6.45) is 8.55. The normalized spacial score (nSPS) is 25.0. The molecular weight excluding hydrogens is 184 g/mol. The highest BCUT2D eigenvalue weighted by atomic mass is 15.2. The third kappa shape index (κ3) is 3.18. The third-order valence-electron chi connectivity index (χ3n) is 4.00. The zero-order valence-electron chi connectivity index (χ0n) is 10.3. The molecule has 0 aromatic carbocycles. The summed E-state index contributed by atoms with van der Waals surface area (Å²) in [5.74, 6) is 0. The van der Waals surface area contributed by atoms with E-state index in [1.807, 2.05) is 0 Å². The molecule has 2 rings (SSSR count). The van der Waals surface area contributed by atoms with Crippen LogP contribution >= 0.6 is 0 Å². The number of hydrogen-bond acceptors (Lipinski definition) is 2. The van der Waals surface area contributed by atoms with Crippen molar-refractivity contribution in [1.29, 1.82) is 0 Å². The van der Waals surface area contributed by atoms with Crippen molar-refractivity contribution < 1.29 is 0 Å². The molecule has 2 aliphatic rings. The summed E-state index contributed by atoms with van der Waals surface area (Å²) in [4.78, 5) is 2.67. The van der Waals surface area contributed by atoms with Crippen molar-refractivity contribution in [2.45, 2.75) is 70.5 Å². The number of nitrogens with one attached hydrogen (secondary N) is 1. The van der Waals surface area contributed by atoms with Crippen LogP contribution in [0.4, 0.5) is 0 Å². The molecule has 2 fully saturated rings. The molecule has 0 saturated heterocycles. The van der Waals surface area contributed by atoms with E-state index in [0.29, 0.717) is 0 Å². The van der Waals surface area contributed by atoms with Crippen LogP contribution in [0.1, 0.15) is 52.4 Å². The summed E-state index contributed by atoms with van der Waals surface area (Å²) < 4.78 is 0. The second-order valence-corrected chi connectivity index (χ2v) is 5.30. The van der Waals surface area contributed by atoms with Gasteiger partial charge in [0.05, 0.1) is 0 Å². The van der Waals surface area contributed by atoms with Crippen molar-refractivity contribution >= 4 is 0 Å². The minimum atomic E-state index is 0.725. The Labute approximate surface area is 94.4 Å². The van der Waals surface area contributed by atoms with Crippen molar-refractivity contribution in [3.05, 3.63) is 0 Å². The SMILES string of the molecule is CCN(C(C)CNC1CCCC1)C1CC1. The average molecular weight is 210 g/mol. The summed E-state index contributed by atoms with van der Waals surface area (Å²) in [5, 5.41) is 3.74. The van der Waals surface area contributed by atoms with E-state index in [4.69, 9.17) is 0 Å². The lowest BCUT2D eigenvalue weighted by Gasteiger charge is -2.29. The van der Waals surface area contributed by atoms with Crippen LogP contribution in [0.15, 0.2) is 0 Å². The summed E-state index contributed by atoms with van der Waals surface area (Å²) >= 11 is 0. The minimum absolute atomic E-state index is 0.725. The van der Waals surface area contributed by atoms with Crippen LogP contribution in [0, 0.1) is 0 Å². The fourth-order valence-corrected chi connectivity index (χ4v) is 2.92. The smallest absolute Gasteiger partial charge is 0.0195 e. The van der Waals surface area contributed by atoms with Gasteiger partial charge in [-0.05, 0) is 39.2 Å². The first-order valence-corrected chi connectivity index (χ1v) is 6.80. The standard InChI is InChI=1S/C13H26N2/c1-3-15(13-8-9-13)11(2)10-14-12-6-4-5-7-12/h11-14H,3-10H2,1-2H3. The predicted molar refractivity (Wildman–Crippen MR) is 65.1 cm³/mol. The fourth-order valence-electron chi connectivity index (χ4n) is 2.92. The molecule has 2 aliphatic carbocycles. The van der Waals surface area contributed by atoms with Crippen LogP contribution in [0.2, 0.25) is 0 Å². The fraction of sp³-hybridized carbons (Fsp3) is 1.00. The molecule has 1 atom stereocenters. The molecular formula is C13H26N2. The Hall–Kier alpha value is -0.0800. The van der Waals surface area contributed by atoms with Gasteiger partial charge in [0, 0.05) is 24.7 Å². The Bertz CT molecular complexity index is 183. The Morgan fingerprint density at radius 1 is 1.20 bits per heavy atom. The molecule has 2 heteroatoms. The van der Waals surface area contributed by atoms with Crippen LogP contribution in [-0.2, 0) is 0 Å². The molecule has 2 saturated carbocycles. The van der Waals surface area contributed by atoms with Gasteiger partial charge in [0.2, 0.25) is 0 Å². The van der Waals surface area contributed by atoms with Gasteiger partial charge < -0.3 is 5.32 Å². The van der Waals surface area contributed by atoms with Crippen molar-refractivity contribution in [3.63, 3.8) is 0 Å². The maximum Gasteiger partial charge on any atom is 0.0195 e. The number of rotatable bonds is 6. The van der Waals surface area contributed by atoms with Gasteiger partial charge in [-0.15, -0.1) is 0 Å². The predicted octanol–water partition coefficient (Wildman–Crippen LogP) is 2.39. The lowest BCUT2D eigenvalue weighted by Crippen LogP contribution is -2.43. The Morgan fingerprint density at radius 2 is 1.87 bits per heavy atom. The number of hydrogen-bond donors (Lipinski definition) is 1. The van der Waals surface area contributed by atoms with Gasteiger partial charge in [-0.25, -0.2) is 0 Å². The zero-order valence-corrected chi connectivity index (χ0v) is 10.3. The van der Waals surface area contributed by atoms with Crippen LogP contribution in [0.5, 0.6) is 0 Å². The van der Waals surface area contributed by atoms with E-state index in [1.165, 1.54) is 51.6 Å². The summed E-state index contributed by atoms with van der Waals surface area (Å²) in [6, 6.07) is 2.46. The maximum atomic E-state index is 3.74. The van der Waals surface area contributed by atoms with Crippen molar-refractivity contribution in [2.75, 3.05) is 13.1 Å². The second kappa shape index (κ2) is 5.31. The highest BCUT2D eigenvalue weighted by molar-refractivity contribution is 4.88. The number of nitrogens with zero attached hydrogens (tertiary/aromatic N) is 1. The summed E-state index contributed by atoms with van der Waals surface area (Å²) in [5.41, 5.74) is 0. The highest BCUT2D eigenvalue weighted by Crippen LogP contribution is 2.28.